The smallest absolute Gasteiger partial charge is 0.103 e. The molecule has 0 aromatic rings. The predicted molar refractivity (Wildman–Crippen MR) is 108 cm³/mol. The van der Waals surface area contributed by atoms with Crippen molar-refractivity contribution in [2.75, 3.05) is 0 Å². The standard InChI is InChI=1S/C24H37NO2/c1-23-12-10-20-19-8-6-18(26)15-16(19)4-7-21(20)22(23)9-5-17(23)3-2-11-24(25-27)13-14-24/h4,17-22,26H,2-3,5-15H2,1H3. The highest BCUT2D eigenvalue weighted by atomic mass is 16.3. The minimum Gasteiger partial charge on any atom is -0.393 e. The molecule has 0 saturated heterocycles. The van der Waals surface area contributed by atoms with Crippen molar-refractivity contribution in [2.24, 2.45) is 40.2 Å². The van der Waals surface area contributed by atoms with Crippen molar-refractivity contribution in [2.45, 2.75) is 102 Å². The highest BCUT2D eigenvalue weighted by Gasteiger charge is 2.55. The Bertz CT molecular complexity index is 624. The molecule has 0 aliphatic heterocycles. The highest BCUT2D eigenvalue weighted by molar-refractivity contribution is 5.20. The maximum atomic E-state index is 11.0. The molecule has 150 valence electrons. The number of allylic oxidation sites excluding steroid dienone is 1. The number of aliphatic hydroxyl groups is 1. The Labute approximate surface area is 164 Å². The zero-order chi connectivity index (χ0) is 18.6. The number of rotatable bonds is 5. The number of aliphatic hydroxyl groups excluding tert-OH is 1. The molecular weight excluding hydrogens is 334 g/mol. The van der Waals surface area contributed by atoms with E-state index in [1.165, 1.54) is 51.4 Å². The van der Waals surface area contributed by atoms with E-state index >= 15 is 0 Å². The van der Waals surface area contributed by atoms with Crippen molar-refractivity contribution in [3.05, 3.63) is 16.6 Å². The van der Waals surface area contributed by atoms with E-state index in [1.54, 1.807) is 5.57 Å². The van der Waals surface area contributed by atoms with Crippen molar-refractivity contribution in [3.63, 3.8) is 0 Å². The molecule has 1 N–H and O–H groups in total. The highest BCUT2D eigenvalue weighted by Crippen LogP contribution is 2.64. The van der Waals surface area contributed by atoms with Crippen molar-refractivity contribution in [3.8, 4) is 0 Å². The Morgan fingerprint density at radius 3 is 2.74 bits per heavy atom. The monoisotopic (exact) mass is 371 g/mol. The fourth-order valence-corrected chi connectivity index (χ4v) is 8.04. The van der Waals surface area contributed by atoms with Gasteiger partial charge in [0.1, 0.15) is 5.54 Å². The molecule has 4 fully saturated rings. The molecule has 5 rings (SSSR count). The summed E-state index contributed by atoms with van der Waals surface area (Å²) in [5.74, 6) is 4.34. The first-order valence-electron chi connectivity index (χ1n) is 11.8. The van der Waals surface area contributed by atoms with Gasteiger partial charge in [-0.05, 0) is 112 Å². The Morgan fingerprint density at radius 2 is 1.96 bits per heavy atom. The molecule has 0 aromatic carbocycles. The van der Waals surface area contributed by atoms with Gasteiger partial charge in [0.15, 0.2) is 0 Å². The fourth-order valence-electron chi connectivity index (χ4n) is 8.04. The Morgan fingerprint density at radius 1 is 1.11 bits per heavy atom. The molecule has 7 unspecified atom stereocenters. The van der Waals surface area contributed by atoms with Crippen LogP contribution in [0.5, 0.6) is 0 Å². The van der Waals surface area contributed by atoms with Gasteiger partial charge in [0, 0.05) is 0 Å². The van der Waals surface area contributed by atoms with Crippen molar-refractivity contribution in [1.29, 1.82) is 0 Å². The van der Waals surface area contributed by atoms with Gasteiger partial charge in [-0.15, -0.1) is 0 Å². The van der Waals surface area contributed by atoms with E-state index in [0.717, 1.165) is 61.7 Å². The van der Waals surface area contributed by atoms with Gasteiger partial charge in [0.05, 0.1) is 6.10 Å². The summed E-state index contributed by atoms with van der Waals surface area (Å²) in [6, 6.07) is 0. The van der Waals surface area contributed by atoms with Gasteiger partial charge in [0.25, 0.3) is 0 Å². The largest absolute Gasteiger partial charge is 0.393 e. The van der Waals surface area contributed by atoms with Gasteiger partial charge in [-0.25, -0.2) is 0 Å². The number of nitrogens with zero attached hydrogens (tertiary/aromatic N) is 1. The molecule has 7 atom stereocenters. The predicted octanol–water partition coefficient (Wildman–Crippen LogP) is 6.01. The summed E-state index contributed by atoms with van der Waals surface area (Å²) in [6.45, 7) is 2.61. The van der Waals surface area contributed by atoms with Crippen LogP contribution < -0.4 is 0 Å². The lowest BCUT2D eigenvalue weighted by Crippen LogP contribution is -2.46. The second-order valence-corrected chi connectivity index (χ2v) is 11.0. The van der Waals surface area contributed by atoms with Crippen molar-refractivity contribution < 1.29 is 5.11 Å². The molecule has 3 nitrogen and oxygen atoms in total. The molecule has 0 spiro atoms. The van der Waals surface area contributed by atoms with Gasteiger partial charge in [-0.3, -0.25) is 0 Å². The van der Waals surface area contributed by atoms with E-state index in [1.807, 2.05) is 0 Å². The number of fused-ring (bicyclic) bond motifs is 5. The lowest BCUT2D eigenvalue weighted by atomic mass is 9.51. The maximum absolute atomic E-state index is 11.0. The molecule has 0 radical (unpaired) electrons. The minimum atomic E-state index is -0.146. The lowest BCUT2D eigenvalue weighted by Gasteiger charge is -2.54. The van der Waals surface area contributed by atoms with Crippen LogP contribution >= 0.6 is 0 Å². The Hall–Kier alpha value is -0.700. The first-order chi connectivity index (χ1) is 13.0. The van der Waals surface area contributed by atoms with Gasteiger partial charge < -0.3 is 5.11 Å². The fraction of sp³-hybridized carbons (Fsp3) is 0.917. The van der Waals surface area contributed by atoms with Gasteiger partial charge in [0.2, 0.25) is 0 Å². The van der Waals surface area contributed by atoms with E-state index in [4.69, 9.17) is 0 Å². The van der Waals surface area contributed by atoms with E-state index < -0.39 is 0 Å². The summed E-state index contributed by atoms with van der Waals surface area (Å²) in [5.41, 5.74) is 1.99. The molecule has 5 aliphatic rings. The summed E-state index contributed by atoms with van der Waals surface area (Å²) >= 11 is 0. The third-order valence-corrected chi connectivity index (χ3v) is 9.83. The summed E-state index contributed by atoms with van der Waals surface area (Å²) < 4.78 is 0. The van der Waals surface area contributed by atoms with E-state index in [9.17, 15) is 10.0 Å². The van der Waals surface area contributed by atoms with Crippen LogP contribution in [-0.2, 0) is 0 Å². The van der Waals surface area contributed by atoms with Gasteiger partial charge >= 0.3 is 0 Å². The molecule has 0 amide bonds. The van der Waals surface area contributed by atoms with Gasteiger partial charge in [-0.1, -0.05) is 30.2 Å². The average Bonchev–Trinajstić information content (AvgIpc) is 3.37. The number of nitroso groups, excluding NO2 is 1. The van der Waals surface area contributed by atoms with Crippen LogP contribution in [0.1, 0.15) is 90.4 Å². The van der Waals surface area contributed by atoms with Crippen LogP contribution in [0.4, 0.5) is 0 Å². The van der Waals surface area contributed by atoms with Crippen molar-refractivity contribution >= 4 is 0 Å². The van der Waals surface area contributed by atoms with Crippen LogP contribution in [0.2, 0.25) is 0 Å². The number of hydrogen-bond acceptors (Lipinski definition) is 3. The second kappa shape index (κ2) is 6.68. The molecule has 0 heterocycles. The molecule has 0 aromatic heterocycles. The normalized spacial score (nSPS) is 47.4. The molecule has 0 bridgehead atoms. The third-order valence-electron chi connectivity index (χ3n) is 9.83. The zero-order valence-electron chi connectivity index (χ0n) is 17.0. The van der Waals surface area contributed by atoms with Crippen LogP contribution in [0.3, 0.4) is 0 Å². The first-order valence-corrected chi connectivity index (χ1v) is 11.8. The quantitative estimate of drug-likeness (QED) is 0.475. The lowest BCUT2D eigenvalue weighted by molar-refractivity contribution is -0.0200. The molecule has 5 aliphatic carbocycles. The minimum absolute atomic E-state index is 0.0793. The average molecular weight is 372 g/mol. The summed E-state index contributed by atoms with van der Waals surface area (Å²) in [6.07, 6.45) is 18.2. The Balaban J connectivity index is 1.26. The van der Waals surface area contributed by atoms with Gasteiger partial charge in [-0.2, -0.15) is 4.91 Å². The molecule has 27 heavy (non-hydrogen) atoms. The maximum Gasteiger partial charge on any atom is 0.103 e. The SMILES string of the molecule is CC12CCC3C4CCC(O)CC4=CCC3C1CCC2CCCC1(N=O)CC1. The summed E-state index contributed by atoms with van der Waals surface area (Å²) in [4.78, 5) is 11.0. The molecule has 4 saturated carbocycles. The Kier molecular flexibility index (Phi) is 4.53. The second-order valence-electron chi connectivity index (χ2n) is 11.0. The molecule has 3 heteroatoms. The third kappa shape index (κ3) is 3.03. The van der Waals surface area contributed by atoms with Crippen LogP contribution in [0, 0.1) is 39.9 Å². The summed E-state index contributed by atoms with van der Waals surface area (Å²) in [5, 5.41) is 13.5. The first kappa shape index (κ1) is 18.3. The van der Waals surface area contributed by atoms with E-state index in [0.29, 0.717) is 5.41 Å². The van der Waals surface area contributed by atoms with E-state index in [2.05, 4.69) is 18.2 Å². The van der Waals surface area contributed by atoms with Crippen LogP contribution in [0.15, 0.2) is 16.8 Å². The van der Waals surface area contributed by atoms with Crippen molar-refractivity contribution in [1.82, 2.24) is 0 Å². The zero-order valence-corrected chi connectivity index (χ0v) is 17.0. The van der Waals surface area contributed by atoms with Crippen LogP contribution in [-0.4, -0.2) is 16.7 Å². The van der Waals surface area contributed by atoms with E-state index in [-0.39, 0.29) is 11.6 Å². The molecular formula is C24H37NO2. The topological polar surface area (TPSA) is 49.7 Å². The summed E-state index contributed by atoms with van der Waals surface area (Å²) in [7, 11) is 0. The number of hydrogen-bond donors (Lipinski definition) is 1. The van der Waals surface area contributed by atoms with Crippen LogP contribution in [0.25, 0.3) is 0 Å².